The van der Waals surface area contributed by atoms with Crippen LogP contribution in [0.1, 0.15) is 18.9 Å². The molecule has 1 aliphatic rings. The van der Waals surface area contributed by atoms with Crippen LogP contribution in [0.5, 0.6) is 0 Å². The molecule has 1 aromatic carbocycles. The number of hydrogen-bond donors (Lipinski definition) is 3. The van der Waals surface area contributed by atoms with E-state index in [0.29, 0.717) is 6.54 Å². The molecule has 0 spiro atoms. The van der Waals surface area contributed by atoms with Gasteiger partial charge in [0.05, 0.1) is 6.54 Å². The second-order valence-electron chi connectivity index (χ2n) is 6.39. The summed E-state index contributed by atoms with van der Waals surface area (Å²) in [5.74, 6) is -3.47. The summed E-state index contributed by atoms with van der Waals surface area (Å²) in [5, 5.41) is 18.0. The number of anilines is 1. The molecule has 0 saturated heterocycles. The second-order valence-corrected chi connectivity index (χ2v) is 6.39. The first kappa shape index (κ1) is 21.6. The molecule has 1 unspecified atom stereocenters. The number of fused-ring (bicyclic) bond motifs is 1. The van der Waals surface area contributed by atoms with Crippen molar-refractivity contribution in [2.45, 2.75) is 25.8 Å². The Morgan fingerprint density at radius 3 is 2.38 bits per heavy atom. The number of carbonyl (C=O) groups is 3. The van der Waals surface area contributed by atoms with Gasteiger partial charge in [-0.05, 0) is 58.6 Å². The van der Waals surface area contributed by atoms with Crippen LogP contribution in [0.3, 0.4) is 0 Å². The van der Waals surface area contributed by atoms with Crippen molar-refractivity contribution < 1.29 is 24.6 Å². The molecule has 8 nitrogen and oxygen atoms in total. The highest BCUT2D eigenvalue weighted by molar-refractivity contribution is 6.27. The number of benzene rings is 1. The van der Waals surface area contributed by atoms with Crippen LogP contribution in [0.15, 0.2) is 24.3 Å². The van der Waals surface area contributed by atoms with Gasteiger partial charge in [0.25, 0.3) is 0 Å². The van der Waals surface area contributed by atoms with Gasteiger partial charge in [0.2, 0.25) is 5.91 Å². The summed E-state index contributed by atoms with van der Waals surface area (Å²) in [4.78, 5) is 34.7. The monoisotopic (exact) mass is 365 g/mol. The summed E-state index contributed by atoms with van der Waals surface area (Å²) >= 11 is 0. The standard InChI is InChI=1S/C16H25N3O.C2H2O4/c1-13-11-14-7-4-5-8-15(14)19(13)16(20)12-17-9-6-10-18(2)3;3-1(4)2(5)6/h4-5,7-8,13,17H,6,9-12H2,1-3H3;(H,3,4)(H,5,6). The molecular formula is C18H27N3O5. The Balaban J connectivity index is 0.000000487. The normalized spacial score (nSPS) is 15.2. The van der Waals surface area contributed by atoms with E-state index in [1.54, 1.807) is 0 Å². The fourth-order valence-electron chi connectivity index (χ4n) is 2.75. The number of para-hydroxylation sites is 1. The molecule has 1 aliphatic heterocycles. The molecule has 144 valence electrons. The van der Waals surface area contributed by atoms with Gasteiger partial charge in [-0.15, -0.1) is 0 Å². The lowest BCUT2D eigenvalue weighted by atomic mass is 10.1. The average molecular weight is 365 g/mol. The van der Waals surface area contributed by atoms with Crippen LogP contribution >= 0.6 is 0 Å². The van der Waals surface area contributed by atoms with E-state index in [9.17, 15) is 4.79 Å². The fraction of sp³-hybridized carbons (Fsp3) is 0.500. The van der Waals surface area contributed by atoms with Gasteiger partial charge < -0.3 is 25.3 Å². The minimum Gasteiger partial charge on any atom is -0.473 e. The summed E-state index contributed by atoms with van der Waals surface area (Å²) in [6.07, 6.45) is 2.02. The summed E-state index contributed by atoms with van der Waals surface area (Å²) < 4.78 is 0. The zero-order chi connectivity index (χ0) is 19.7. The predicted molar refractivity (Wildman–Crippen MR) is 98.4 cm³/mol. The Kier molecular flexibility index (Phi) is 8.74. The third-order valence-corrected chi connectivity index (χ3v) is 3.89. The van der Waals surface area contributed by atoms with Crippen molar-refractivity contribution >= 4 is 23.5 Å². The van der Waals surface area contributed by atoms with E-state index in [1.165, 1.54) is 5.56 Å². The maximum Gasteiger partial charge on any atom is 0.414 e. The van der Waals surface area contributed by atoms with E-state index in [1.807, 2.05) is 23.1 Å². The highest BCUT2D eigenvalue weighted by Crippen LogP contribution is 2.31. The lowest BCUT2D eigenvalue weighted by Crippen LogP contribution is -2.41. The van der Waals surface area contributed by atoms with Gasteiger partial charge in [-0.3, -0.25) is 4.79 Å². The third kappa shape index (κ3) is 6.81. The Morgan fingerprint density at radius 2 is 1.81 bits per heavy atom. The molecule has 0 radical (unpaired) electrons. The number of carbonyl (C=O) groups excluding carboxylic acids is 1. The van der Waals surface area contributed by atoms with E-state index in [0.717, 1.165) is 31.6 Å². The number of carboxylic acids is 2. The SMILES string of the molecule is CC1Cc2ccccc2N1C(=O)CNCCCN(C)C.O=C(O)C(=O)O. The number of amides is 1. The first-order valence-electron chi connectivity index (χ1n) is 8.45. The number of nitrogens with zero attached hydrogens (tertiary/aromatic N) is 2. The smallest absolute Gasteiger partial charge is 0.414 e. The lowest BCUT2D eigenvalue weighted by molar-refractivity contribution is -0.159. The summed E-state index contributed by atoms with van der Waals surface area (Å²) in [7, 11) is 4.13. The Morgan fingerprint density at radius 1 is 1.19 bits per heavy atom. The first-order chi connectivity index (χ1) is 12.2. The number of nitrogens with one attached hydrogen (secondary N) is 1. The van der Waals surface area contributed by atoms with Gasteiger partial charge in [0.1, 0.15) is 0 Å². The van der Waals surface area contributed by atoms with Gasteiger partial charge in [-0.1, -0.05) is 18.2 Å². The maximum absolute atomic E-state index is 12.4. The highest BCUT2D eigenvalue weighted by Gasteiger charge is 2.29. The summed E-state index contributed by atoms with van der Waals surface area (Å²) in [5.41, 5.74) is 2.36. The number of aliphatic carboxylic acids is 2. The Labute approximate surface area is 153 Å². The molecule has 1 aromatic rings. The van der Waals surface area contributed by atoms with Crippen LogP contribution in [0.2, 0.25) is 0 Å². The quantitative estimate of drug-likeness (QED) is 0.502. The van der Waals surface area contributed by atoms with Crippen LogP contribution in [0.4, 0.5) is 5.69 Å². The second kappa shape index (κ2) is 10.5. The third-order valence-electron chi connectivity index (χ3n) is 3.89. The van der Waals surface area contributed by atoms with Crippen LogP contribution in [0, 0.1) is 0 Å². The molecule has 26 heavy (non-hydrogen) atoms. The van der Waals surface area contributed by atoms with E-state index >= 15 is 0 Å². The fourth-order valence-corrected chi connectivity index (χ4v) is 2.75. The zero-order valence-corrected chi connectivity index (χ0v) is 15.4. The number of hydrogen-bond acceptors (Lipinski definition) is 5. The van der Waals surface area contributed by atoms with Crippen molar-refractivity contribution in [3.63, 3.8) is 0 Å². The maximum atomic E-state index is 12.4. The lowest BCUT2D eigenvalue weighted by Gasteiger charge is -2.23. The minimum absolute atomic E-state index is 0.173. The van der Waals surface area contributed by atoms with Crippen LogP contribution in [0.25, 0.3) is 0 Å². The zero-order valence-electron chi connectivity index (χ0n) is 15.4. The molecule has 0 aromatic heterocycles. The topological polar surface area (TPSA) is 110 Å². The molecule has 0 fully saturated rings. The van der Waals surface area contributed by atoms with Crippen LogP contribution in [-0.4, -0.2) is 72.7 Å². The predicted octanol–water partition coefficient (Wildman–Crippen LogP) is 0.661. The molecule has 8 heteroatoms. The Bertz CT molecular complexity index is 621. The highest BCUT2D eigenvalue weighted by atomic mass is 16.4. The number of carboxylic acid groups (broad SMARTS) is 2. The van der Waals surface area contributed by atoms with E-state index in [4.69, 9.17) is 19.8 Å². The molecule has 0 saturated carbocycles. The van der Waals surface area contributed by atoms with Crippen molar-refractivity contribution in [2.75, 3.05) is 38.6 Å². The van der Waals surface area contributed by atoms with Crippen molar-refractivity contribution in [3.05, 3.63) is 29.8 Å². The Hall–Kier alpha value is -2.45. The van der Waals surface area contributed by atoms with Crippen LogP contribution in [-0.2, 0) is 20.8 Å². The van der Waals surface area contributed by atoms with Gasteiger partial charge >= 0.3 is 11.9 Å². The van der Waals surface area contributed by atoms with E-state index < -0.39 is 11.9 Å². The summed E-state index contributed by atoms with van der Waals surface area (Å²) in [6, 6.07) is 8.47. The molecule has 2 rings (SSSR count). The molecule has 0 aliphatic carbocycles. The molecule has 1 heterocycles. The van der Waals surface area contributed by atoms with Crippen molar-refractivity contribution in [1.29, 1.82) is 0 Å². The minimum atomic E-state index is -1.82. The van der Waals surface area contributed by atoms with Gasteiger partial charge in [0, 0.05) is 11.7 Å². The average Bonchev–Trinajstić information content (AvgIpc) is 2.90. The largest absolute Gasteiger partial charge is 0.473 e. The van der Waals surface area contributed by atoms with Crippen molar-refractivity contribution in [2.24, 2.45) is 0 Å². The summed E-state index contributed by atoms with van der Waals surface area (Å²) in [6.45, 7) is 4.47. The molecule has 0 bridgehead atoms. The molecule has 3 N–H and O–H groups in total. The van der Waals surface area contributed by atoms with Crippen LogP contribution < -0.4 is 10.2 Å². The van der Waals surface area contributed by atoms with Gasteiger partial charge in [-0.25, -0.2) is 9.59 Å². The number of rotatable bonds is 6. The molecule has 1 amide bonds. The molecular weight excluding hydrogens is 338 g/mol. The van der Waals surface area contributed by atoms with Gasteiger partial charge in [-0.2, -0.15) is 0 Å². The van der Waals surface area contributed by atoms with Gasteiger partial charge in [0.15, 0.2) is 0 Å². The van der Waals surface area contributed by atoms with Crippen molar-refractivity contribution in [1.82, 2.24) is 10.2 Å². The molecule has 1 atom stereocenters. The van der Waals surface area contributed by atoms with E-state index in [-0.39, 0.29) is 11.9 Å². The van der Waals surface area contributed by atoms with E-state index in [2.05, 4.69) is 37.3 Å². The first-order valence-corrected chi connectivity index (χ1v) is 8.45. The van der Waals surface area contributed by atoms with Crippen molar-refractivity contribution in [3.8, 4) is 0 Å².